The van der Waals surface area contributed by atoms with Crippen molar-refractivity contribution < 1.29 is 69.6 Å². The number of fused-ring (bicyclic) bond motifs is 5. The first-order valence-electron chi connectivity index (χ1n) is 19.6. The van der Waals surface area contributed by atoms with E-state index in [0.29, 0.717) is 32.1 Å². The second kappa shape index (κ2) is 15.4. The first kappa shape index (κ1) is 41.1. The Kier molecular flexibility index (Phi) is 12.2. The molecule has 0 bridgehead atoms. The molecule has 2 saturated heterocycles. The molecule has 302 valence electrons. The Balaban J connectivity index is 1.14. The Morgan fingerprint density at radius 2 is 1.48 bits per heavy atom. The summed E-state index contributed by atoms with van der Waals surface area (Å²) in [5.41, 5.74) is -2.27. The first-order valence-corrected chi connectivity index (χ1v) is 19.6. The maximum atomic E-state index is 12.6. The molecule has 9 N–H and O–H groups in total. The summed E-state index contributed by atoms with van der Waals surface area (Å²) in [4.78, 5) is 0. The summed E-state index contributed by atoms with van der Waals surface area (Å²) in [5, 5.41) is 98.7. The van der Waals surface area contributed by atoms with Crippen molar-refractivity contribution in [1.29, 1.82) is 0 Å². The van der Waals surface area contributed by atoms with Gasteiger partial charge in [-0.25, -0.2) is 0 Å². The fraction of sp³-hybridized carbons (Fsp3) is 1.00. The van der Waals surface area contributed by atoms with Gasteiger partial charge in [0, 0.05) is 25.4 Å². The molecule has 2 heterocycles. The van der Waals surface area contributed by atoms with E-state index in [1.807, 2.05) is 20.8 Å². The Morgan fingerprint density at radius 3 is 2.13 bits per heavy atom. The van der Waals surface area contributed by atoms with E-state index >= 15 is 0 Å². The van der Waals surface area contributed by atoms with Gasteiger partial charge < -0.3 is 69.6 Å². The van der Waals surface area contributed by atoms with Crippen LogP contribution in [0.15, 0.2) is 0 Å². The van der Waals surface area contributed by atoms with Crippen LogP contribution in [0.3, 0.4) is 0 Å². The van der Waals surface area contributed by atoms with E-state index < -0.39 is 108 Å². The molecule has 2 aliphatic heterocycles. The Morgan fingerprint density at radius 1 is 0.788 bits per heavy atom. The number of methoxy groups -OCH3 is 1. The lowest BCUT2D eigenvalue weighted by molar-refractivity contribution is -0.311. The third-order valence-electron chi connectivity index (χ3n) is 14.9. The van der Waals surface area contributed by atoms with Crippen LogP contribution in [-0.2, 0) is 23.7 Å². The van der Waals surface area contributed by atoms with E-state index in [9.17, 15) is 46.0 Å². The van der Waals surface area contributed by atoms with E-state index in [1.54, 1.807) is 0 Å². The van der Waals surface area contributed by atoms with Gasteiger partial charge in [0.2, 0.25) is 0 Å². The van der Waals surface area contributed by atoms with Crippen molar-refractivity contribution in [2.75, 3.05) is 20.3 Å². The van der Waals surface area contributed by atoms with E-state index in [1.165, 1.54) is 7.11 Å². The van der Waals surface area contributed by atoms with Gasteiger partial charge in [-0.3, -0.25) is 0 Å². The van der Waals surface area contributed by atoms with E-state index in [2.05, 4.69) is 13.8 Å². The van der Waals surface area contributed by atoms with Crippen LogP contribution in [0.25, 0.3) is 0 Å². The summed E-state index contributed by atoms with van der Waals surface area (Å²) in [5.74, 6) is -0.947. The first-order chi connectivity index (χ1) is 24.4. The predicted octanol–water partition coefficient (Wildman–Crippen LogP) is 0.0474. The summed E-state index contributed by atoms with van der Waals surface area (Å²) in [6.45, 7) is 9.79. The number of aliphatic hydroxyl groups is 9. The number of rotatable bonds is 11. The minimum atomic E-state index is -1.31. The number of hydrogen-bond donors (Lipinski definition) is 9. The summed E-state index contributed by atoms with van der Waals surface area (Å²) in [7, 11) is 1.35. The largest absolute Gasteiger partial charge is 0.394 e. The van der Waals surface area contributed by atoms with Crippen molar-refractivity contribution in [2.45, 2.75) is 171 Å². The predicted molar refractivity (Wildman–Crippen MR) is 184 cm³/mol. The standard InChI is InChI=1S/C38H66O14/c1-17(2)24(50-35-32(30(46)25(15-39)51-35)52-34-31(48-6)29(45)23(43)16-49-34)8-7-18(3)19-13-21(41)33-36(19,4)12-10-26-37(5)11-9-20(40)28(44)27(37)22(42)14-38(26,33)47/h17-35,39-47H,7-16H2,1-6H3/t18?,19-,20+,21-,22+,23?,24?,25+,26?,27?,28+,29?,30?,31?,32?,33?,34?,35-,36-,37-,38+/m1/s1. The molecule has 14 nitrogen and oxygen atoms in total. The van der Waals surface area contributed by atoms with Gasteiger partial charge in [-0.1, -0.05) is 34.6 Å². The zero-order chi connectivity index (χ0) is 38.1. The van der Waals surface area contributed by atoms with Crippen molar-refractivity contribution >= 4 is 0 Å². The van der Waals surface area contributed by atoms with Gasteiger partial charge in [0.05, 0.1) is 49.3 Å². The third kappa shape index (κ3) is 6.82. The zero-order valence-electron chi connectivity index (χ0n) is 31.6. The molecule has 6 rings (SSSR count). The van der Waals surface area contributed by atoms with Gasteiger partial charge >= 0.3 is 0 Å². The Labute approximate surface area is 307 Å². The molecule has 14 heteroatoms. The fourth-order valence-corrected chi connectivity index (χ4v) is 12.3. The van der Waals surface area contributed by atoms with Crippen LogP contribution in [0, 0.1) is 46.3 Å². The van der Waals surface area contributed by atoms with Crippen LogP contribution < -0.4 is 0 Å². The average molecular weight is 747 g/mol. The molecule has 4 saturated carbocycles. The minimum Gasteiger partial charge on any atom is -0.394 e. The van der Waals surface area contributed by atoms with Crippen LogP contribution >= 0.6 is 0 Å². The second-order valence-corrected chi connectivity index (χ2v) is 18.1. The van der Waals surface area contributed by atoms with E-state index in [-0.39, 0.29) is 42.8 Å². The zero-order valence-corrected chi connectivity index (χ0v) is 31.6. The van der Waals surface area contributed by atoms with Crippen molar-refractivity contribution in [1.82, 2.24) is 0 Å². The summed E-state index contributed by atoms with van der Waals surface area (Å²) in [6, 6.07) is 0. The van der Waals surface area contributed by atoms with Crippen molar-refractivity contribution in [2.24, 2.45) is 46.3 Å². The van der Waals surface area contributed by atoms with Gasteiger partial charge in [0.25, 0.3) is 0 Å². The molecule has 0 radical (unpaired) electrons. The van der Waals surface area contributed by atoms with Crippen molar-refractivity contribution in [3.63, 3.8) is 0 Å². The molecule has 52 heavy (non-hydrogen) atoms. The molecule has 0 aromatic heterocycles. The van der Waals surface area contributed by atoms with Crippen molar-refractivity contribution in [3.05, 3.63) is 0 Å². The average Bonchev–Trinajstić information content (AvgIpc) is 3.53. The third-order valence-corrected chi connectivity index (χ3v) is 14.9. The fourth-order valence-electron chi connectivity index (χ4n) is 12.3. The van der Waals surface area contributed by atoms with Crippen LogP contribution in [-0.4, -0.2) is 152 Å². The topological polar surface area (TPSA) is 228 Å². The quantitative estimate of drug-likeness (QED) is 0.136. The van der Waals surface area contributed by atoms with Crippen LogP contribution in [0.4, 0.5) is 0 Å². The number of aliphatic hydroxyl groups excluding tert-OH is 8. The van der Waals surface area contributed by atoms with Gasteiger partial charge in [0.1, 0.15) is 36.6 Å². The lowest BCUT2D eigenvalue weighted by Crippen LogP contribution is -2.70. The van der Waals surface area contributed by atoms with Gasteiger partial charge in [-0.15, -0.1) is 0 Å². The highest BCUT2D eigenvalue weighted by molar-refractivity contribution is 5.21. The highest BCUT2D eigenvalue weighted by Gasteiger charge is 2.71. The molecule has 0 aromatic rings. The maximum Gasteiger partial charge on any atom is 0.187 e. The highest BCUT2D eigenvalue weighted by atomic mass is 16.8. The van der Waals surface area contributed by atoms with Crippen LogP contribution in [0.5, 0.6) is 0 Å². The molecule has 0 spiro atoms. The molecular formula is C38H66O14. The smallest absolute Gasteiger partial charge is 0.187 e. The Hall–Kier alpha value is -0.560. The molecule has 11 unspecified atom stereocenters. The second-order valence-electron chi connectivity index (χ2n) is 18.1. The maximum absolute atomic E-state index is 12.6. The van der Waals surface area contributed by atoms with E-state index in [0.717, 1.165) is 12.8 Å². The monoisotopic (exact) mass is 746 g/mol. The normalized spacial score (nSPS) is 53.3. The lowest BCUT2D eigenvalue weighted by atomic mass is 9.41. The SMILES string of the molecule is COC1C(OC2C(O)[C@H](CO)O[C@H]2OC(CCC(C)[C@H]2C[C@@H](O)C3[C@]4(O)C[C@H](O)C5[C@@H](O)[C@@H](O)CC[C@]5(C)C4CC[C@@]32C)C(C)C)OCC(O)C1O. The van der Waals surface area contributed by atoms with Gasteiger partial charge in [0.15, 0.2) is 12.6 Å². The summed E-state index contributed by atoms with van der Waals surface area (Å²) >= 11 is 0. The number of ether oxygens (including phenoxy) is 5. The molecule has 6 fully saturated rings. The van der Waals surface area contributed by atoms with Crippen molar-refractivity contribution in [3.8, 4) is 0 Å². The molecule has 21 atom stereocenters. The van der Waals surface area contributed by atoms with E-state index in [4.69, 9.17) is 23.7 Å². The molecule has 4 aliphatic carbocycles. The van der Waals surface area contributed by atoms with Gasteiger partial charge in [-0.05, 0) is 79.4 Å². The highest BCUT2D eigenvalue weighted by Crippen LogP contribution is 2.70. The molecular weight excluding hydrogens is 680 g/mol. The molecule has 0 aromatic carbocycles. The molecule has 0 amide bonds. The summed E-state index contributed by atoms with van der Waals surface area (Å²) < 4.78 is 29.5. The lowest BCUT2D eigenvalue weighted by Gasteiger charge is -2.66. The molecule has 6 aliphatic rings. The van der Waals surface area contributed by atoms with Crippen LogP contribution in [0.2, 0.25) is 0 Å². The number of hydrogen-bond acceptors (Lipinski definition) is 14. The minimum absolute atomic E-state index is 0.0341. The Bertz CT molecular complexity index is 1210. The summed E-state index contributed by atoms with van der Waals surface area (Å²) in [6.07, 6.45) is -8.58. The van der Waals surface area contributed by atoms with Crippen LogP contribution in [0.1, 0.15) is 86.0 Å². The van der Waals surface area contributed by atoms with Gasteiger partial charge in [-0.2, -0.15) is 0 Å².